The number of benzene rings is 10. The summed E-state index contributed by atoms with van der Waals surface area (Å²) >= 11 is 0. The zero-order valence-corrected chi connectivity index (χ0v) is 82.2. The first-order valence-electron chi connectivity index (χ1n) is 51.7. The predicted octanol–water partition coefficient (Wildman–Crippen LogP) is 27.2. The van der Waals surface area contributed by atoms with Gasteiger partial charge < -0.3 is 57.6 Å². The van der Waals surface area contributed by atoms with Gasteiger partial charge in [-0.1, -0.05) is 184 Å². The zero-order valence-electron chi connectivity index (χ0n) is 82.2. The third-order valence-corrected chi connectivity index (χ3v) is 33.0. The van der Waals surface area contributed by atoms with E-state index in [1.165, 1.54) is 88.5 Å². The Bertz CT molecular complexity index is 5680. The van der Waals surface area contributed by atoms with Crippen LogP contribution in [0.1, 0.15) is 253 Å². The van der Waals surface area contributed by atoms with Gasteiger partial charge in [0, 0.05) is 99.0 Å². The van der Waals surface area contributed by atoms with Gasteiger partial charge in [-0.25, -0.2) is 0 Å². The number of nitrogens with one attached hydrogen (secondary N) is 6. The first kappa shape index (κ1) is 105. The lowest BCUT2D eigenvalue weighted by Crippen LogP contribution is -2.48. The third-order valence-electron chi connectivity index (χ3n) is 33.0. The van der Waals surface area contributed by atoms with E-state index in [-0.39, 0.29) is 96.8 Å². The second-order valence-corrected chi connectivity index (χ2v) is 42.1. The van der Waals surface area contributed by atoms with Crippen LogP contribution in [0.15, 0.2) is 243 Å². The average Bonchev–Trinajstić information content (AvgIpc) is 1.60. The summed E-state index contributed by atoms with van der Waals surface area (Å²) in [6.07, 6.45) is -6.10. The Morgan fingerprint density at radius 2 is 0.660 bits per heavy atom. The molecule has 10 N–H and O–H groups in total. The van der Waals surface area contributed by atoms with Gasteiger partial charge in [-0.2, -0.15) is 65.9 Å². The number of anilines is 5. The number of likely N-dealkylation sites (N-methyl/N-ethyl adjacent to an activating group) is 3. The van der Waals surface area contributed by atoms with Crippen molar-refractivity contribution in [2.45, 2.75) is 218 Å². The summed E-state index contributed by atoms with van der Waals surface area (Å²) in [5.74, 6) is 3.09. The highest BCUT2D eigenvalue weighted by atomic mass is 19.4. The van der Waals surface area contributed by atoms with Crippen LogP contribution in [-0.4, -0.2) is 141 Å². The van der Waals surface area contributed by atoms with Crippen molar-refractivity contribution in [1.82, 2.24) is 24.9 Å². The Balaban J connectivity index is 0.000000123. The normalized spacial score (nSPS) is 27.0. The molecule has 6 aliphatic heterocycles. The van der Waals surface area contributed by atoms with Crippen molar-refractivity contribution < 1.29 is 76.1 Å². The number of unbranched alkanes of at least 4 members (excludes halogenated alkanes) is 2. The molecule has 5 aliphatic carbocycles. The molecule has 772 valence electrons. The molecule has 0 aromatic heterocycles. The van der Waals surface area contributed by atoms with Crippen LogP contribution >= 0.6 is 0 Å². The molecule has 28 heteroatoms. The highest BCUT2D eigenvalue weighted by molar-refractivity contribution is 5.65. The number of aliphatic hydroxyl groups is 2. The lowest BCUT2D eigenvalue weighted by Gasteiger charge is -2.38. The van der Waals surface area contributed by atoms with E-state index in [2.05, 4.69) is 126 Å². The van der Waals surface area contributed by atoms with Gasteiger partial charge in [0.1, 0.15) is 0 Å². The minimum atomic E-state index is -4.34. The smallest absolute Gasteiger partial charge is 0.396 e. The molecule has 5 saturated carbocycles. The minimum Gasteiger partial charge on any atom is -0.396 e. The molecule has 10 aromatic carbocycles. The van der Waals surface area contributed by atoms with Gasteiger partial charge in [-0.3, -0.25) is 9.80 Å². The molecule has 13 nitrogen and oxygen atoms in total. The maximum Gasteiger partial charge on any atom is 0.416 e. The van der Waals surface area contributed by atoms with Gasteiger partial charge >= 0.3 is 30.9 Å². The van der Waals surface area contributed by atoms with Crippen molar-refractivity contribution in [2.75, 3.05) is 120 Å². The molecular weight excluding hydrogens is 1860 g/mol. The van der Waals surface area contributed by atoms with E-state index in [9.17, 15) is 71.0 Å². The molecule has 5 unspecified atom stereocenters. The summed E-state index contributed by atoms with van der Waals surface area (Å²) in [5.41, 5.74) is 17.1. The molecule has 6 fully saturated rings. The number of aliphatic hydroxyl groups excluding tert-OH is 2. The van der Waals surface area contributed by atoms with Crippen LogP contribution in [0.4, 0.5) is 94.3 Å². The monoisotopic (exact) mass is 2000 g/mol. The number of piperazine rings is 1. The summed E-state index contributed by atoms with van der Waals surface area (Å²) in [6.45, 7) is 10.5. The molecule has 1 saturated heterocycles. The molecule has 0 radical (unpaired) electrons. The highest BCUT2D eigenvalue weighted by Crippen LogP contribution is 2.62. The zero-order chi connectivity index (χ0) is 102. The van der Waals surface area contributed by atoms with Gasteiger partial charge in [-0.05, 0) is 329 Å². The quantitative estimate of drug-likeness (QED) is 0.0234. The lowest BCUT2D eigenvalue weighted by atomic mass is 9.77. The minimum absolute atomic E-state index is 0.0662. The highest BCUT2D eigenvalue weighted by Gasteiger charge is 2.53. The Morgan fingerprint density at radius 3 is 0.979 bits per heavy atom. The van der Waals surface area contributed by atoms with Crippen molar-refractivity contribution >= 4 is 28.4 Å². The topological polar surface area (TPSA) is 152 Å². The Kier molecular flexibility index (Phi) is 33.4. The molecule has 6 heterocycles. The van der Waals surface area contributed by atoms with Gasteiger partial charge in [0.25, 0.3) is 0 Å². The van der Waals surface area contributed by atoms with Gasteiger partial charge in [-0.15, -0.1) is 0 Å². The van der Waals surface area contributed by atoms with Gasteiger partial charge in [0.05, 0.1) is 64.6 Å². The van der Waals surface area contributed by atoms with E-state index >= 15 is 0 Å². The lowest BCUT2D eigenvalue weighted by molar-refractivity contribution is -0.138. The van der Waals surface area contributed by atoms with E-state index in [0.29, 0.717) is 48.8 Å². The number of alkyl halides is 15. The summed E-state index contributed by atoms with van der Waals surface area (Å²) in [5, 5.41) is 39.9. The van der Waals surface area contributed by atoms with Crippen LogP contribution in [-0.2, 0) is 30.9 Å². The van der Waals surface area contributed by atoms with E-state index < -0.39 is 58.7 Å². The summed E-state index contributed by atoms with van der Waals surface area (Å²) in [6, 6.07) is 73.7. The summed E-state index contributed by atoms with van der Waals surface area (Å²) < 4.78 is 200. The number of rotatable bonds is 22. The largest absolute Gasteiger partial charge is 0.416 e. The maximum atomic E-state index is 13.4. The van der Waals surface area contributed by atoms with E-state index in [1.54, 1.807) is 30.3 Å². The van der Waals surface area contributed by atoms with E-state index in [1.807, 2.05) is 105 Å². The van der Waals surface area contributed by atoms with Crippen molar-refractivity contribution in [3.63, 3.8) is 0 Å². The number of nitrogens with two attached hydrogens (primary N) is 1. The van der Waals surface area contributed by atoms with Crippen LogP contribution < -0.4 is 37.6 Å². The Morgan fingerprint density at radius 1 is 0.347 bits per heavy atom. The van der Waals surface area contributed by atoms with Gasteiger partial charge in [0.15, 0.2) is 0 Å². The van der Waals surface area contributed by atoms with E-state index in [0.717, 1.165) is 205 Å². The molecule has 20 atom stereocenters. The van der Waals surface area contributed by atoms with Crippen LogP contribution in [0.25, 0.3) is 0 Å². The van der Waals surface area contributed by atoms with Crippen LogP contribution in [0.5, 0.6) is 0 Å². The van der Waals surface area contributed by atoms with Crippen molar-refractivity contribution in [2.24, 2.45) is 47.2 Å². The average molecular weight is 2000 g/mol. The molecule has 0 spiro atoms. The molecular formula is C116H136F15N11O2. The Labute approximate surface area is 836 Å². The number of halogens is 15. The second kappa shape index (κ2) is 45.7. The molecule has 10 aromatic rings. The number of fused-ring (bicyclic) bond motifs is 15. The van der Waals surface area contributed by atoms with Crippen LogP contribution in [0.2, 0.25) is 0 Å². The molecule has 144 heavy (non-hydrogen) atoms. The first-order chi connectivity index (χ1) is 69.1. The van der Waals surface area contributed by atoms with Crippen molar-refractivity contribution in [3.05, 3.63) is 326 Å². The fourth-order valence-electron chi connectivity index (χ4n) is 26.1. The molecule has 11 aliphatic rings. The number of hydrogen-bond acceptors (Lipinski definition) is 13. The fraction of sp³-hybridized carbons (Fsp3) is 0.483. The SMILES string of the molecule is CCN(CCO)[C@H]1CC2c3cc(C(F)(F)F)ccc3N[C@@H](c3ccccc3)[C@@H]2C1.CN(C)CCN[C@H]1CC2c3cc(C(F)(F)F)ccc3N[C@@H](c3ccccc3)[C@@H]2C1.CN1CCN([C@H]2CC3c4cc(C(F)(F)F)ccc4N[C@@H](c4ccccc4)[C@@H]3C2)CC1.NCCCC[C@H]1CC2c3cc(C(F)(F)F)ccc3N[C@@H](c3ccccc3)[C@@H]2C1.OCCCC[C@H]1CC2c3cc(C(F)(F)F)ccc3N[C@@H](c3ccccc3)[C@@H]2C1. The predicted molar refractivity (Wildman–Crippen MR) is 541 cm³/mol. The summed E-state index contributed by atoms with van der Waals surface area (Å²) in [7, 11) is 6.23. The first-order valence-corrected chi connectivity index (χ1v) is 51.7. The summed E-state index contributed by atoms with van der Waals surface area (Å²) in [4.78, 5) is 9.30. The molecule has 0 bridgehead atoms. The molecule has 21 rings (SSSR count). The molecule has 0 amide bonds. The maximum absolute atomic E-state index is 13.4. The van der Waals surface area contributed by atoms with Crippen molar-refractivity contribution in [3.8, 4) is 0 Å². The standard InChI is InChI=1S/C24H28F3N3.C23H28F3N3.C23H27F3N2O.C23H27F3N2.C23H26F3NO/c1-29-9-11-30(12-10-29)18-14-19-20-13-17(24(25,26)27)7-8-22(20)28-23(21(19)15-18)16-5-3-2-4-6-16;1-29(2)11-10-27-17-13-18-19-12-16(23(24,25)26)8-9-21(19)28-22(20(18)14-17)15-6-4-3-5-7-15;1-2-28(10-11-29)17-13-18-19-12-16(23(24,25)26)8-9-21(19)27-22(20(18)14-17)15-6-4-3-5-7-15;24-23(25,26)17-9-10-21-19(14-17)18-12-15(6-4-5-11-27)13-20(18)22(28-21)16-7-2-1-3-8-16;24-23(25,26)17-9-10-21-19(14-17)18-12-15(6-4-5-11-28)13-20(18)22(27-21)16-7-2-1-3-8-16/h2-8,13,18-19,21,23,28H,9-12,14-15H2,1H3;3-9,12,17-18,20,22,27-28H,10-11,13-14H2,1-2H3;3-9,12,17-18,20,22,27,29H,2,10-11,13-14H2,1H3;1-3,7-10,14-15,18,20,22,28H,4-6,11-13,27H2;1-3,7-10,14-15,18,20,22,27-28H,4-6,11-13H2/t18-,19?,21+,23-;2*17-,18?,20+,22-;2*15-,18?,20+,22-/m00000/s1. The van der Waals surface area contributed by atoms with Crippen LogP contribution in [0.3, 0.4) is 0 Å². The second-order valence-electron chi connectivity index (χ2n) is 42.1. The van der Waals surface area contributed by atoms with Crippen molar-refractivity contribution in [1.29, 1.82) is 0 Å². The number of hydrogen-bond donors (Lipinski definition) is 9. The Hall–Kier alpha value is -10.2. The van der Waals surface area contributed by atoms with E-state index in [4.69, 9.17) is 10.8 Å². The number of nitrogens with zero attached hydrogens (tertiary/aromatic N) is 4. The third kappa shape index (κ3) is 24.4. The van der Waals surface area contributed by atoms with Crippen LogP contribution in [0, 0.1) is 41.4 Å². The fourth-order valence-corrected chi connectivity index (χ4v) is 26.1. The van der Waals surface area contributed by atoms with Gasteiger partial charge in [0.2, 0.25) is 0 Å².